The molecule has 10 aromatic rings. The van der Waals surface area contributed by atoms with Crippen LogP contribution in [-0.4, -0.2) is 155 Å². The molecule has 6 heterocycles. The molecule has 0 fully saturated rings. The number of amidine groups is 4. The maximum atomic E-state index is 12.9. The maximum absolute atomic E-state index is 12.9. The van der Waals surface area contributed by atoms with E-state index in [-0.39, 0.29) is 121 Å². The van der Waals surface area contributed by atoms with Crippen molar-refractivity contribution in [3.05, 3.63) is 285 Å². The number of nitrogens with two attached hydrogens (primary N) is 4. The van der Waals surface area contributed by atoms with Crippen molar-refractivity contribution in [3.63, 3.8) is 0 Å². The van der Waals surface area contributed by atoms with Crippen LogP contribution in [0.15, 0.2) is 230 Å². The molecule has 2 aromatic heterocycles. The minimum absolute atomic E-state index is 0. The van der Waals surface area contributed by atoms with Gasteiger partial charge < -0.3 is 68.5 Å². The molecule has 13 N–H and O–H groups in total. The number of sulfonamides is 4. The molecule has 34 nitrogen and oxygen atoms in total. The van der Waals surface area contributed by atoms with Crippen LogP contribution < -0.4 is 68.5 Å². The summed E-state index contributed by atoms with van der Waals surface area (Å²) < 4.78 is 134. The molecule has 4 aliphatic rings. The molecule has 0 atom stereocenters. The van der Waals surface area contributed by atoms with Gasteiger partial charge in [-0.15, -0.1) is 17.6 Å². The third kappa shape index (κ3) is 26.4. The normalized spacial score (nSPS) is 14.7. The Morgan fingerprint density at radius 3 is 1.07 bits per heavy atom. The zero-order chi connectivity index (χ0) is 93.1. The summed E-state index contributed by atoms with van der Waals surface area (Å²) in [5.74, 6) is -0.866. The molecule has 0 saturated heterocycles. The molecular formula is C91H102N16O18S4. The third-order valence-electron chi connectivity index (χ3n) is 19.3. The van der Waals surface area contributed by atoms with Gasteiger partial charge in [-0.1, -0.05) is 137 Å². The van der Waals surface area contributed by atoms with Crippen molar-refractivity contribution in [2.45, 2.75) is 129 Å². The number of nitrogens with zero attached hydrogens (tertiary/aromatic N) is 7. The Bertz CT molecular complexity index is 6580. The Kier molecular flexibility index (Phi) is 30.1. The summed E-state index contributed by atoms with van der Waals surface area (Å²) in [4.78, 5) is 82.7. The second-order valence-electron chi connectivity index (χ2n) is 33.1. The number of nitrogens with one attached hydrogen (secondary N) is 5. The van der Waals surface area contributed by atoms with Gasteiger partial charge in [-0.2, -0.15) is 0 Å². The van der Waals surface area contributed by atoms with Gasteiger partial charge in [0.15, 0.2) is 5.78 Å². The Hall–Kier alpha value is -14.0. The number of benzene rings is 8. The van der Waals surface area contributed by atoms with E-state index in [2.05, 4.69) is 54.1 Å². The largest absolute Gasteiger partial charge is 0.490 e. The van der Waals surface area contributed by atoms with Gasteiger partial charge >= 0.3 is 0 Å². The SMILES string of the molecule is C.CC(=O)c1cn(-c2cc(C(=O)NC(C)(C)COc3cccc4c3C(N)=NS(=O)(=O)C4)ccn2)cn1.CC(C)(COc1cccc2c1C(N)=NS(=O)(=O)C2)NC(=O)c1cccc(-c2ccccc2)c1.CC(C)(COc1cccc2c1C(N)=NS(=O)(=O)C2)NC(=O)c1ccccc1.CC(C)C(=O)Nc1cccc(C(=O)NC(C)(C)COc2cccc3c2C(N)=NS(=O)(=O)C3)c1. The van der Waals surface area contributed by atoms with Gasteiger partial charge in [-0.3, -0.25) is 33.3 Å². The van der Waals surface area contributed by atoms with Crippen LogP contribution in [0.25, 0.3) is 16.9 Å². The molecule has 38 heteroatoms. The number of fused-ring (bicyclic) bond motifs is 4. The highest BCUT2D eigenvalue weighted by Gasteiger charge is 2.34. The Morgan fingerprint density at radius 1 is 0.395 bits per heavy atom. The molecular weight excluding hydrogens is 1730 g/mol. The van der Waals surface area contributed by atoms with Crippen LogP contribution >= 0.6 is 0 Å². The van der Waals surface area contributed by atoms with E-state index in [1.165, 1.54) is 19.4 Å². The lowest BCUT2D eigenvalue weighted by atomic mass is 10.0. The van der Waals surface area contributed by atoms with Crippen LogP contribution in [0.4, 0.5) is 5.69 Å². The van der Waals surface area contributed by atoms with Gasteiger partial charge in [0.05, 0.1) is 67.4 Å². The fourth-order valence-corrected chi connectivity index (χ4v) is 17.6. The molecule has 0 aliphatic carbocycles. The fourth-order valence-electron chi connectivity index (χ4n) is 13.2. The highest BCUT2D eigenvalue weighted by molar-refractivity contribution is 7.90. The molecule has 0 radical (unpaired) electrons. The van der Waals surface area contributed by atoms with E-state index in [0.29, 0.717) is 107 Å². The van der Waals surface area contributed by atoms with Crippen LogP contribution in [0.5, 0.6) is 23.0 Å². The van der Waals surface area contributed by atoms with Crippen LogP contribution in [0, 0.1) is 5.92 Å². The molecule has 0 unspecified atom stereocenters. The number of aromatic nitrogens is 3. The van der Waals surface area contributed by atoms with Crippen molar-refractivity contribution >= 4 is 104 Å². The van der Waals surface area contributed by atoms with Crippen LogP contribution in [0.2, 0.25) is 0 Å². The third-order valence-corrected chi connectivity index (χ3v) is 23.9. The van der Waals surface area contributed by atoms with Gasteiger partial charge in [-0.25, -0.2) is 43.6 Å². The molecule has 8 aromatic carbocycles. The van der Waals surface area contributed by atoms with Gasteiger partial charge in [0.2, 0.25) is 5.91 Å². The number of carbonyl (C=O) groups is 6. The minimum atomic E-state index is -3.66. The molecule has 14 rings (SSSR count). The smallest absolute Gasteiger partial charge is 0.259 e. The van der Waals surface area contributed by atoms with E-state index in [4.69, 9.17) is 41.9 Å². The minimum Gasteiger partial charge on any atom is -0.490 e. The first-order valence-electron chi connectivity index (χ1n) is 39.9. The van der Waals surface area contributed by atoms with E-state index in [9.17, 15) is 62.4 Å². The fraction of sp³-hybridized carbons (Fsp3) is 0.275. The summed E-state index contributed by atoms with van der Waals surface area (Å²) in [5, 5.41) is 14.5. The molecule has 0 spiro atoms. The molecule has 4 aliphatic heterocycles. The van der Waals surface area contributed by atoms with E-state index in [1.807, 2.05) is 82.3 Å². The summed E-state index contributed by atoms with van der Waals surface area (Å²) in [5.41, 5.74) is 29.2. The van der Waals surface area contributed by atoms with Crippen molar-refractivity contribution in [2.24, 2.45) is 46.4 Å². The van der Waals surface area contributed by atoms with Crippen LogP contribution in [0.1, 0.15) is 180 Å². The number of imidazole rings is 1. The zero-order valence-corrected chi connectivity index (χ0v) is 75.1. The van der Waals surface area contributed by atoms with Crippen molar-refractivity contribution in [2.75, 3.05) is 31.7 Å². The molecule has 678 valence electrons. The van der Waals surface area contributed by atoms with Gasteiger partial charge in [0.25, 0.3) is 63.7 Å². The van der Waals surface area contributed by atoms with Crippen molar-refractivity contribution in [1.82, 2.24) is 35.8 Å². The summed E-state index contributed by atoms with van der Waals surface area (Å²) in [7, 11) is -14.5. The molecule has 0 saturated carbocycles. The lowest BCUT2D eigenvalue weighted by molar-refractivity contribution is -0.118. The number of carbonyl (C=O) groups excluding carboxylic acids is 6. The summed E-state index contributed by atoms with van der Waals surface area (Å²) in [6.45, 7) is 20.0. The zero-order valence-electron chi connectivity index (χ0n) is 71.9. The second kappa shape index (κ2) is 39.9. The van der Waals surface area contributed by atoms with Crippen LogP contribution in [-0.2, 0) is 67.9 Å². The Morgan fingerprint density at radius 2 is 0.713 bits per heavy atom. The first-order chi connectivity index (χ1) is 60.1. The number of hydrogen-bond donors (Lipinski definition) is 9. The first kappa shape index (κ1) is 97.2. The van der Waals surface area contributed by atoms with Crippen molar-refractivity contribution in [1.29, 1.82) is 0 Å². The number of pyridine rings is 1. The summed E-state index contributed by atoms with van der Waals surface area (Å²) in [6.07, 6.45) is 4.50. The predicted octanol–water partition coefficient (Wildman–Crippen LogP) is 9.97. The summed E-state index contributed by atoms with van der Waals surface area (Å²) >= 11 is 0. The lowest BCUT2D eigenvalue weighted by Gasteiger charge is -2.27. The topological polar surface area (TPSA) is 520 Å². The number of rotatable bonds is 25. The number of hydrogen-bond acceptors (Lipinski definition) is 24. The average molecular weight is 1840 g/mol. The molecule has 5 amide bonds. The highest BCUT2D eigenvalue weighted by Crippen LogP contribution is 2.34. The summed E-state index contributed by atoms with van der Waals surface area (Å²) in [6, 6.07) is 56.3. The molecule has 129 heavy (non-hydrogen) atoms. The number of anilines is 1. The average Bonchev–Trinajstić information content (AvgIpc) is 1.69. The second-order valence-corrected chi connectivity index (χ2v) is 39.7. The number of ketones is 1. The Labute approximate surface area is 749 Å². The van der Waals surface area contributed by atoms with E-state index < -0.39 is 62.2 Å². The number of amides is 5. The van der Waals surface area contributed by atoms with E-state index in [1.54, 1.807) is 192 Å². The maximum Gasteiger partial charge on any atom is 0.259 e. The van der Waals surface area contributed by atoms with Gasteiger partial charge in [0, 0.05) is 53.2 Å². The van der Waals surface area contributed by atoms with Gasteiger partial charge in [-0.05, 0) is 168 Å². The first-order valence-corrected chi connectivity index (χ1v) is 46.3. The lowest BCUT2D eigenvalue weighted by Crippen LogP contribution is -2.48. The predicted molar refractivity (Wildman–Crippen MR) is 494 cm³/mol. The number of ether oxygens (including phenoxy) is 4. The Balaban J connectivity index is 0.000000179. The van der Waals surface area contributed by atoms with E-state index in [0.717, 1.165) is 11.1 Å². The van der Waals surface area contributed by atoms with Gasteiger partial charge in [0.1, 0.15) is 90.6 Å². The highest BCUT2D eigenvalue weighted by atomic mass is 32.2. The standard InChI is InChI=1S/C25H25N3O4S.C23H24N6O5S.C23H28N4O5S.C19H21N3O4S.CH4/c1-25(2,16-32-21-13-7-12-20-15-33(30,31)28-23(26)22(20)21)27-24(29)19-11-6-10-18(14-19)17-8-4-3-5-9-17;1-14(30)17-10-29(13-26-17)19-9-15(7-8-25-19)22(31)27-23(2,3)12-34-18-6-4-5-16-11-35(32,33)28-21(24)20(16)18;1-14(2)21(28)25-17-9-5-7-15(11-17)22(29)26-23(3,4)13-32-18-10-6-8-16-12-33(30,31)27-20(24)19(16)18;1-19(2,21-18(23)13-7-4-3-5-8-13)12-26-15-10-6-9-14-11-27(24,25)22-17(20)16(14)15;/h3-14H,15-16H2,1-2H3,(H2,26,28)(H,27,29);4-10,13H,11-12H2,1-3H3,(H2,24,28)(H,27,31);5-11,14H,12-13H2,1-4H3,(H2,24,27)(H,25,28)(H,26,29);3-10H,11-12H2,1-2H3,(H2,20,22)(H,21,23);1H4. The molecule has 0 bridgehead atoms. The quantitative estimate of drug-likeness (QED) is 0.0240. The van der Waals surface area contributed by atoms with Crippen molar-refractivity contribution < 1.29 is 81.4 Å². The van der Waals surface area contributed by atoms with E-state index >= 15 is 0 Å². The van der Waals surface area contributed by atoms with Crippen molar-refractivity contribution in [3.8, 4) is 39.9 Å². The van der Waals surface area contributed by atoms with Crippen LogP contribution in [0.3, 0.4) is 0 Å². The number of Topliss-reactive ketones (excluding diaryl/α,β-unsaturated/α-hetero) is 1. The monoisotopic (exact) mass is 1830 g/mol.